The summed E-state index contributed by atoms with van der Waals surface area (Å²) in [6, 6.07) is 0. The van der Waals surface area contributed by atoms with Crippen molar-refractivity contribution in [2.75, 3.05) is 19.8 Å². The molecule has 0 aromatic heterocycles. The molecule has 2 unspecified atom stereocenters. The third kappa shape index (κ3) is 2.84. The Morgan fingerprint density at radius 2 is 2.38 bits per heavy atom. The summed E-state index contributed by atoms with van der Waals surface area (Å²) in [5.74, 6) is -2.18. The number of rotatable bonds is 7. The predicted octanol–water partition coefficient (Wildman–Crippen LogP) is 0.522. The lowest BCUT2D eigenvalue weighted by Gasteiger charge is -2.43. The number of carbonyl (C=O) groups is 2. The summed E-state index contributed by atoms with van der Waals surface area (Å²) in [4.78, 5) is 27.4. The lowest BCUT2D eigenvalue weighted by molar-refractivity contribution is -0.156. The van der Waals surface area contributed by atoms with Crippen molar-refractivity contribution in [2.45, 2.75) is 18.4 Å². The van der Waals surface area contributed by atoms with Crippen molar-refractivity contribution in [2.24, 2.45) is 11.0 Å². The maximum atomic E-state index is 11.9. The van der Waals surface area contributed by atoms with Gasteiger partial charge < -0.3 is 14.9 Å². The van der Waals surface area contributed by atoms with E-state index in [1.54, 1.807) is 0 Å². The summed E-state index contributed by atoms with van der Waals surface area (Å²) in [6.07, 6.45) is -0.827. The smallest absolute Gasteiger partial charge is 0.353 e. The van der Waals surface area contributed by atoms with Crippen molar-refractivity contribution in [3.8, 4) is 0 Å². The molecule has 1 fully saturated rings. The zero-order valence-corrected chi connectivity index (χ0v) is 12.0. The van der Waals surface area contributed by atoms with Gasteiger partial charge >= 0.3 is 5.97 Å². The first-order chi connectivity index (χ1) is 9.99. The molecule has 9 nitrogen and oxygen atoms in total. The number of carbonyl (C=O) groups excluding carboxylic acids is 1. The van der Waals surface area contributed by atoms with Crippen molar-refractivity contribution in [3.05, 3.63) is 21.0 Å². The Morgan fingerprint density at radius 1 is 1.67 bits per heavy atom. The number of aliphatic hydroxyl groups excluding tert-OH is 1. The second-order valence-electron chi connectivity index (χ2n) is 4.57. The molecular formula is C11H14N4O5S. The standard InChI is InChI=1S/C11H14N4O5S/c1-5(16)7-9(17)15-8(11(18)19)6(21-10(7)15)4-20-3-2-13-14-12/h5,7,10,16H,2-4H2,1H3,(H,18,19)/t5?,7?,10-/m0/s1. The summed E-state index contributed by atoms with van der Waals surface area (Å²) in [7, 11) is 0. The number of hydrogen-bond acceptors (Lipinski definition) is 6. The number of carboxylic acid groups (broad SMARTS) is 1. The maximum Gasteiger partial charge on any atom is 0.353 e. The molecule has 1 amide bonds. The van der Waals surface area contributed by atoms with Crippen molar-refractivity contribution >= 4 is 23.6 Å². The van der Waals surface area contributed by atoms with Crippen LogP contribution in [0.25, 0.3) is 10.4 Å². The zero-order valence-electron chi connectivity index (χ0n) is 11.2. The Hall–Kier alpha value is -1.74. The molecule has 0 radical (unpaired) electrons. The fourth-order valence-electron chi connectivity index (χ4n) is 2.27. The molecule has 2 N–H and O–H groups in total. The molecule has 114 valence electrons. The molecule has 10 heteroatoms. The normalized spacial score (nSPS) is 25.2. The molecule has 0 aliphatic carbocycles. The minimum absolute atomic E-state index is 0.0278. The Labute approximate surface area is 124 Å². The molecule has 21 heavy (non-hydrogen) atoms. The highest BCUT2D eigenvalue weighted by molar-refractivity contribution is 8.04. The number of aliphatic hydroxyl groups is 1. The topological polar surface area (TPSA) is 136 Å². The summed E-state index contributed by atoms with van der Waals surface area (Å²) in [5, 5.41) is 21.7. The Balaban J connectivity index is 2.04. The highest BCUT2D eigenvalue weighted by atomic mass is 32.2. The minimum atomic E-state index is -1.20. The first-order valence-electron chi connectivity index (χ1n) is 6.22. The largest absolute Gasteiger partial charge is 0.477 e. The van der Waals surface area contributed by atoms with Crippen LogP contribution < -0.4 is 0 Å². The molecule has 0 saturated carbocycles. The molecular weight excluding hydrogens is 300 g/mol. The van der Waals surface area contributed by atoms with Crippen molar-refractivity contribution in [1.29, 1.82) is 0 Å². The third-order valence-corrected chi connectivity index (χ3v) is 4.55. The van der Waals surface area contributed by atoms with Gasteiger partial charge in [0.2, 0.25) is 5.91 Å². The second kappa shape index (κ2) is 6.35. The summed E-state index contributed by atoms with van der Waals surface area (Å²) in [6.45, 7) is 1.86. The van der Waals surface area contributed by atoms with Gasteiger partial charge in [-0.2, -0.15) is 0 Å². The lowest BCUT2D eigenvalue weighted by atomic mass is 9.92. The van der Waals surface area contributed by atoms with E-state index in [4.69, 9.17) is 10.3 Å². The number of ether oxygens (including phenoxy) is 1. The Kier molecular flexibility index (Phi) is 4.73. The summed E-state index contributed by atoms with van der Waals surface area (Å²) in [5.41, 5.74) is 8.04. The van der Waals surface area contributed by atoms with Gasteiger partial charge in [-0.1, -0.05) is 16.9 Å². The molecule has 0 spiro atoms. The van der Waals surface area contributed by atoms with Gasteiger partial charge in [0.15, 0.2) is 0 Å². The van der Waals surface area contributed by atoms with Gasteiger partial charge in [-0.05, 0) is 12.5 Å². The van der Waals surface area contributed by atoms with E-state index in [0.29, 0.717) is 4.91 Å². The molecule has 0 aromatic carbocycles. The summed E-state index contributed by atoms with van der Waals surface area (Å²) >= 11 is 1.22. The van der Waals surface area contributed by atoms with Crippen LogP contribution in [0.1, 0.15) is 6.92 Å². The average Bonchev–Trinajstić information content (AvgIpc) is 2.72. The third-order valence-electron chi connectivity index (χ3n) is 3.21. The van der Waals surface area contributed by atoms with E-state index in [0.717, 1.165) is 0 Å². The number of β-lactam (4-membered cyclic amide) rings is 1. The number of hydrogen-bond donors (Lipinski definition) is 2. The maximum absolute atomic E-state index is 11.9. The van der Waals surface area contributed by atoms with E-state index < -0.39 is 18.0 Å². The van der Waals surface area contributed by atoms with Gasteiger partial charge in [-0.15, -0.1) is 0 Å². The highest BCUT2D eigenvalue weighted by Crippen LogP contribution is 2.50. The van der Waals surface area contributed by atoms with E-state index in [1.807, 2.05) is 0 Å². The number of carboxylic acids is 1. The second-order valence-corrected chi connectivity index (χ2v) is 5.78. The van der Waals surface area contributed by atoms with E-state index in [9.17, 15) is 19.8 Å². The number of aliphatic carboxylic acids is 1. The predicted molar refractivity (Wildman–Crippen MR) is 72.9 cm³/mol. The minimum Gasteiger partial charge on any atom is -0.477 e. The number of azide groups is 1. The van der Waals surface area contributed by atoms with Gasteiger partial charge in [-0.25, -0.2) is 4.79 Å². The van der Waals surface area contributed by atoms with Crippen molar-refractivity contribution in [3.63, 3.8) is 0 Å². The highest BCUT2D eigenvalue weighted by Gasteiger charge is 2.57. The number of nitrogens with zero attached hydrogens (tertiary/aromatic N) is 4. The van der Waals surface area contributed by atoms with Gasteiger partial charge in [-0.3, -0.25) is 9.69 Å². The van der Waals surface area contributed by atoms with Gasteiger partial charge in [0.05, 0.1) is 25.2 Å². The van der Waals surface area contributed by atoms with Crippen LogP contribution in [0.15, 0.2) is 15.7 Å². The summed E-state index contributed by atoms with van der Waals surface area (Å²) < 4.78 is 5.25. The van der Waals surface area contributed by atoms with Crippen LogP contribution in [0.4, 0.5) is 0 Å². The Morgan fingerprint density at radius 3 is 2.95 bits per heavy atom. The molecule has 2 rings (SSSR count). The molecule has 3 atom stereocenters. The van der Waals surface area contributed by atoms with Crippen LogP contribution in [0, 0.1) is 5.92 Å². The fraction of sp³-hybridized carbons (Fsp3) is 0.636. The molecule has 0 aromatic rings. The van der Waals surface area contributed by atoms with E-state index in [-0.39, 0.29) is 36.7 Å². The van der Waals surface area contributed by atoms with E-state index in [1.165, 1.54) is 23.6 Å². The lowest BCUT2D eigenvalue weighted by Crippen LogP contribution is -2.60. The van der Waals surface area contributed by atoms with Gasteiger partial charge in [0.25, 0.3) is 0 Å². The first kappa shape index (κ1) is 15.6. The first-order valence-corrected chi connectivity index (χ1v) is 7.09. The number of thioether (sulfide) groups is 1. The van der Waals surface area contributed by atoms with Crippen LogP contribution in [0.2, 0.25) is 0 Å². The fourth-order valence-corrected chi connectivity index (χ4v) is 3.82. The average molecular weight is 314 g/mol. The van der Waals surface area contributed by atoms with E-state index in [2.05, 4.69) is 10.0 Å². The van der Waals surface area contributed by atoms with Crippen LogP contribution in [-0.4, -0.2) is 58.2 Å². The molecule has 2 aliphatic heterocycles. The van der Waals surface area contributed by atoms with Crippen LogP contribution >= 0.6 is 11.8 Å². The molecule has 2 heterocycles. The quantitative estimate of drug-likeness (QED) is 0.231. The monoisotopic (exact) mass is 314 g/mol. The SMILES string of the molecule is CC(O)C1C(=O)N2C(C(=O)O)=C(COCCN=[N+]=[N-])S[C@@H]12. The number of fused-ring (bicyclic) bond motifs is 1. The number of amides is 1. The molecule has 0 bridgehead atoms. The molecule has 1 saturated heterocycles. The molecule has 2 aliphatic rings. The zero-order chi connectivity index (χ0) is 15.6. The van der Waals surface area contributed by atoms with Crippen LogP contribution in [0.3, 0.4) is 0 Å². The van der Waals surface area contributed by atoms with Crippen LogP contribution in [0.5, 0.6) is 0 Å². The van der Waals surface area contributed by atoms with Crippen molar-refractivity contribution < 1.29 is 24.5 Å². The van der Waals surface area contributed by atoms with E-state index >= 15 is 0 Å². The van der Waals surface area contributed by atoms with Crippen LogP contribution in [-0.2, 0) is 14.3 Å². The van der Waals surface area contributed by atoms with Gasteiger partial charge in [0, 0.05) is 16.4 Å². The van der Waals surface area contributed by atoms with Crippen molar-refractivity contribution in [1.82, 2.24) is 4.90 Å². The Bertz CT molecular complexity index is 543. The van der Waals surface area contributed by atoms with Gasteiger partial charge in [0.1, 0.15) is 11.1 Å².